The summed E-state index contributed by atoms with van der Waals surface area (Å²) >= 11 is 0. The smallest absolute Gasteiger partial charge is 0.259 e. The molecule has 1 aromatic carbocycles. The minimum absolute atomic E-state index is 0.277. The molecule has 1 aromatic heterocycles. The molecule has 86 valence electrons. The second-order valence-corrected chi connectivity index (χ2v) is 3.60. The Morgan fingerprint density at radius 3 is 2.76 bits per heavy atom. The molecule has 5 nitrogen and oxygen atoms in total. The van der Waals surface area contributed by atoms with Gasteiger partial charge in [0, 0.05) is 11.9 Å². The maximum atomic E-state index is 12.0. The van der Waals surface area contributed by atoms with Crippen LogP contribution in [-0.2, 0) is 0 Å². The number of nitrogens with one attached hydrogen (secondary N) is 1. The Balaban J connectivity index is 2.27. The Labute approximate surface area is 98.7 Å². The van der Waals surface area contributed by atoms with Crippen molar-refractivity contribution in [3.05, 3.63) is 47.7 Å². The van der Waals surface area contributed by atoms with Gasteiger partial charge in [0.25, 0.3) is 5.91 Å². The van der Waals surface area contributed by atoms with E-state index in [1.54, 1.807) is 18.2 Å². The highest BCUT2D eigenvalue weighted by atomic mass is 16.1. The Morgan fingerprint density at radius 2 is 2.12 bits per heavy atom. The third-order valence-corrected chi connectivity index (χ3v) is 2.35. The maximum absolute atomic E-state index is 12.0. The third-order valence-electron chi connectivity index (χ3n) is 2.35. The number of hydrogen-bond donors (Lipinski definition) is 2. The van der Waals surface area contributed by atoms with Crippen molar-refractivity contribution in [1.29, 1.82) is 0 Å². The lowest BCUT2D eigenvalue weighted by Gasteiger charge is -2.08. The van der Waals surface area contributed by atoms with Crippen molar-refractivity contribution in [3.63, 3.8) is 0 Å². The maximum Gasteiger partial charge on any atom is 0.259 e. The number of amides is 1. The van der Waals surface area contributed by atoms with Crippen LogP contribution in [0.2, 0.25) is 0 Å². The summed E-state index contributed by atoms with van der Waals surface area (Å²) in [6.45, 7) is 1.84. The van der Waals surface area contributed by atoms with Gasteiger partial charge in [-0.25, -0.2) is 0 Å². The van der Waals surface area contributed by atoms with Crippen LogP contribution in [0.25, 0.3) is 0 Å². The summed E-state index contributed by atoms with van der Waals surface area (Å²) in [4.78, 5) is 12.0. The number of benzene rings is 1. The van der Waals surface area contributed by atoms with Crippen LogP contribution in [0.3, 0.4) is 0 Å². The van der Waals surface area contributed by atoms with E-state index in [-0.39, 0.29) is 5.91 Å². The van der Waals surface area contributed by atoms with E-state index in [1.807, 2.05) is 19.1 Å². The monoisotopic (exact) mass is 228 g/mol. The Kier molecular flexibility index (Phi) is 3.00. The first kappa shape index (κ1) is 11.1. The summed E-state index contributed by atoms with van der Waals surface area (Å²) in [5.74, 6) is 0.126. The van der Waals surface area contributed by atoms with Crippen LogP contribution in [0.1, 0.15) is 15.9 Å². The van der Waals surface area contributed by atoms with Gasteiger partial charge in [0.05, 0.1) is 5.56 Å². The Morgan fingerprint density at radius 1 is 1.29 bits per heavy atom. The average molecular weight is 228 g/mol. The average Bonchev–Trinajstić information content (AvgIpc) is 2.30. The highest BCUT2D eigenvalue weighted by Gasteiger charge is 2.12. The molecule has 0 aliphatic carbocycles. The molecular weight excluding hydrogens is 216 g/mol. The van der Waals surface area contributed by atoms with Crippen LogP contribution in [0.5, 0.6) is 0 Å². The third kappa shape index (κ3) is 2.39. The number of carbonyl (C=O) groups is 1. The van der Waals surface area contributed by atoms with Crippen molar-refractivity contribution in [2.24, 2.45) is 0 Å². The first-order chi connectivity index (χ1) is 8.18. The number of aryl methyl sites for hydroxylation is 1. The van der Waals surface area contributed by atoms with Crippen LogP contribution in [-0.4, -0.2) is 16.1 Å². The summed E-state index contributed by atoms with van der Waals surface area (Å²) in [7, 11) is 0. The molecule has 2 aromatic rings. The van der Waals surface area contributed by atoms with Crippen molar-refractivity contribution in [1.82, 2.24) is 10.2 Å². The lowest BCUT2D eigenvalue weighted by Crippen LogP contribution is -2.16. The van der Waals surface area contributed by atoms with E-state index < -0.39 is 0 Å². The number of rotatable bonds is 2. The van der Waals surface area contributed by atoms with E-state index in [0.29, 0.717) is 17.1 Å². The van der Waals surface area contributed by atoms with Crippen LogP contribution < -0.4 is 11.1 Å². The number of hydrogen-bond acceptors (Lipinski definition) is 4. The molecule has 0 atom stereocenters. The molecule has 0 saturated heterocycles. The molecule has 5 heteroatoms. The Bertz CT molecular complexity index is 519. The van der Waals surface area contributed by atoms with Gasteiger partial charge in [-0.15, -0.1) is 5.10 Å². The molecule has 17 heavy (non-hydrogen) atoms. The fraction of sp³-hybridized carbons (Fsp3) is 0.0833. The van der Waals surface area contributed by atoms with Gasteiger partial charge in [0.1, 0.15) is 0 Å². The van der Waals surface area contributed by atoms with Gasteiger partial charge < -0.3 is 11.1 Å². The van der Waals surface area contributed by atoms with Crippen molar-refractivity contribution >= 4 is 17.4 Å². The molecule has 0 aliphatic rings. The zero-order valence-corrected chi connectivity index (χ0v) is 9.34. The second kappa shape index (κ2) is 4.61. The topological polar surface area (TPSA) is 80.9 Å². The lowest BCUT2D eigenvalue weighted by molar-refractivity contribution is 0.102. The lowest BCUT2D eigenvalue weighted by atomic mass is 10.1. The summed E-state index contributed by atoms with van der Waals surface area (Å²) < 4.78 is 0. The van der Waals surface area contributed by atoms with Gasteiger partial charge in [-0.2, -0.15) is 5.10 Å². The van der Waals surface area contributed by atoms with E-state index in [2.05, 4.69) is 15.5 Å². The largest absolute Gasteiger partial charge is 0.398 e. The van der Waals surface area contributed by atoms with E-state index in [9.17, 15) is 4.79 Å². The van der Waals surface area contributed by atoms with Gasteiger partial charge in [-0.05, 0) is 30.7 Å². The molecule has 0 radical (unpaired) electrons. The van der Waals surface area contributed by atoms with E-state index >= 15 is 0 Å². The number of carbonyl (C=O) groups excluding carboxylic acids is 1. The normalized spacial score (nSPS) is 9.94. The Hall–Kier alpha value is -2.43. The predicted molar refractivity (Wildman–Crippen MR) is 65.6 cm³/mol. The SMILES string of the molecule is Cc1cccc(N)c1C(=O)Nc1cccnn1. The molecule has 0 bridgehead atoms. The summed E-state index contributed by atoms with van der Waals surface area (Å²) in [6, 6.07) is 8.70. The molecule has 1 heterocycles. The predicted octanol–water partition coefficient (Wildman–Crippen LogP) is 1.62. The zero-order valence-electron chi connectivity index (χ0n) is 9.34. The highest BCUT2D eigenvalue weighted by Crippen LogP contribution is 2.17. The van der Waals surface area contributed by atoms with Crippen molar-refractivity contribution in [3.8, 4) is 0 Å². The van der Waals surface area contributed by atoms with Gasteiger partial charge in [-0.3, -0.25) is 4.79 Å². The molecule has 1 amide bonds. The number of anilines is 2. The number of aromatic nitrogens is 2. The van der Waals surface area contributed by atoms with Crippen molar-refractivity contribution in [2.75, 3.05) is 11.1 Å². The van der Waals surface area contributed by atoms with E-state index in [4.69, 9.17) is 5.73 Å². The summed E-state index contributed by atoms with van der Waals surface area (Å²) in [5.41, 5.74) is 7.53. The van der Waals surface area contributed by atoms with Gasteiger partial charge in [0.2, 0.25) is 0 Å². The first-order valence-electron chi connectivity index (χ1n) is 5.12. The fourth-order valence-electron chi connectivity index (χ4n) is 1.55. The molecular formula is C12H12N4O. The van der Waals surface area contributed by atoms with Gasteiger partial charge >= 0.3 is 0 Å². The molecule has 2 rings (SSSR count). The molecule has 0 aliphatic heterocycles. The van der Waals surface area contributed by atoms with E-state index in [0.717, 1.165) is 5.56 Å². The van der Waals surface area contributed by atoms with Gasteiger partial charge in [0.15, 0.2) is 5.82 Å². The highest BCUT2D eigenvalue weighted by molar-refractivity contribution is 6.08. The standard InChI is InChI=1S/C12H12N4O/c1-8-4-2-5-9(13)11(8)12(17)15-10-6-3-7-14-16-10/h2-7H,13H2,1H3,(H,15,16,17). The van der Waals surface area contributed by atoms with E-state index in [1.165, 1.54) is 6.20 Å². The minimum Gasteiger partial charge on any atom is -0.398 e. The summed E-state index contributed by atoms with van der Waals surface area (Å²) in [5, 5.41) is 10.1. The molecule has 0 fully saturated rings. The molecule has 0 saturated carbocycles. The number of nitrogens with two attached hydrogens (primary N) is 1. The molecule has 3 N–H and O–H groups in total. The number of nitrogens with zero attached hydrogens (tertiary/aromatic N) is 2. The van der Waals surface area contributed by atoms with Crippen LogP contribution >= 0.6 is 0 Å². The molecule has 0 spiro atoms. The van der Waals surface area contributed by atoms with Crippen LogP contribution in [0, 0.1) is 6.92 Å². The van der Waals surface area contributed by atoms with Crippen molar-refractivity contribution in [2.45, 2.75) is 6.92 Å². The second-order valence-electron chi connectivity index (χ2n) is 3.60. The van der Waals surface area contributed by atoms with Crippen LogP contribution in [0.15, 0.2) is 36.5 Å². The minimum atomic E-state index is -0.277. The van der Waals surface area contributed by atoms with Crippen molar-refractivity contribution < 1.29 is 4.79 Å². The zero-order chi connectivity index (χ0) is 12.3. The van der Waals surface area contributed by atoms with Gasteiger partial charge in [-0.1, -0.05) is 12.1 Å². The quantitative estimate of drug-likeness (QED) is 0.765. The number of nitrogen functional groups attached to an aromatic ring is 1. The summed E-state index contributed by atoms with van der Waals surface area (Å²) in [6.07, 6.45) is 1.54. The molecule has 0 unspecified atom stereocenters. The first-order valence-corrected chi connectivity index (χ1v) is 5.12. The van der Waals surface area contributed by atoms with Crippen LogP contribution in [0.4, 0.5) is 11.5 Å². The fourth-order valence-corrected chi connectivity index (χ4v) is 1.55.